The van der Waals surface area contributed by atoms with E-state index in [1.807, 2.05) is 32.0 Å². The fraction of sp³-hybridized carbons (Fsp3) is 0.588. The van der Waals surface area contributed by atoms with Crippen molar-refractivity contribution in [2.75, 3.05) is 27.3 Å². The summed E-state index contributed by atoms with van der Waals surface area (Å²) >= 11 is 0. The fourth-order valence-corrected chi connectivity index (χ4v) is 3.05. The third-order valence-corrected chi connectivity index (χ3v) is 4.56. The average Bonchev–Trinajstić information content (AvgIpc) is 2.54. The molecule has 1 aromatic rings. The number of carbonyl (C=O) groups excluding carboxylic acids is 1. The highest BCUT2D eigenvalue weighted by Crippen LogP contribution is 2.40. The summed E-state index contributed by atoms with van der Waals surface area (Å²) in [6, 6.07) is 5.46. The van der Waals surface area contributed by atoms with Gasteiger partial charge in [0.1, 0.15) is 17.1 Å². The van der Waals surface area contributed by atoms with Crippen LogP contribution in [0.3, 0.4) is 0 Å². The number of methoxy groups -OCH3 is 2. The number of benzene rings is 1. The molecule has 1 saturated heterocycles. The first-order valence-electron chi connectivity index (χ1n) is 7.49. The van der Waals surface area contributed by atoms with Gasteiger partial charge in [-0.15, -0.1) is 0 Å². The van der Waals surface area contributed by atoms with E-state index in [-0.39, 0.29) is 5.78 Å². The molecule has 1 fully saturated rings. The lowest BCUT2D eigenvalue weighted by Gasteiger charge is -2.36. The Kier molecular flexibility index (Phi) is 4.88. The predicted molar refractivity (Wildman–Crippen MR) is 83.3 cm³/mol. The minimum Gasteiger partial charge on any atom is -0.496 e. The molecule has 1 aliphatic rings. The molecule has 2 rings (SSSR count). The van der Waals surface area contributed by atoms with E-state index in [0.29, 0.717) is 23.0 Å². The summed E-state index contributed by atoms with van der Waals surface area (Å²) in [6.07, 6.45) is 2.19. The lowest BCUT2D eigenvalue weighted by Crippen LogP contribution is -2.42. The summed E-state index contributed by atoms with van der Waals surface area (Å²) < 4.78 is 10.8. The molecular weight excluding hydrogens is 266 g/mol. The number of nitrogens with one attached hydrogen (secondary N) is 1. The topological polar surface area (TPSA) is 47.6 Å². The summed E-state index contributed by atoms with van der Waals surface area (Å²) in [7, 11) is 3.17. The van der Waals surface area contributed by atoms with E-state index in [2.05, 4.69) is 5.32 Å². The highest BCUT2D eigenvalue weighted by molar-refractivity contribution is 6.04. The van der Waals surface area contributed by atoms with Crippen LogP contribution in [-0.4, -0.2) is 33.1 Å². The maximum Gasteiger partial charge on any atom is 0.176 e. The van der Waals surface area contributed by atoms with E-state index < -0.39 is 5.41 Å². The quantitative estimate of drug-likeness (QED) is 0.847. The molecule has 4 nitrogen and oxygen atoms in total. The third-order valence-electron chi connectivity index (χ3n) is 4.56. The normalized spacial score (nSPS) is 19.1. The largest absolute Gasteiger partial charge is 0.496 e. The van der Waals surface area contributed by atoms with E-state index in [1.165, 1.54) is 0 Å². The van der Waals surface area contributed by atoms with Gasteiger partial charge >= 0.3 is 0 Å². The molecule has 0 spiro atoms. The summed E-state index contributed by atoms with van der Waals surface area (Å²) in [5.41, 5.74) is 0.105. The Morgan fingerprint density at radius 1 is 1.24 bits per heavy atom. The Balaban J connectivity index is 2.38. The van der Waals surface area contributed by atoms with Crippen molar-refractivity contribution >= 4 is 5.78 Å². The number of rotatable bonds is 5. The predicted octanol–water partition coefficient (Wildman–Crippen LogP) is 2.91. The first-order valence-corrected chi connectivity index (χ1v) is 7.49. The van der Waals surface area contributed by atoms with Gasteiger partial charge in [-0.05, 0) is 44.0 Å². The molecule has 0 saturated carbocycles. The van der Waals surface area contributed by atoms with Gasteiger partial charge < -0.3 is 14.8 Å². The van der Waals surface area contributed by atoms with Crippen LogP contribution in [0.25, 0.3) is 0 Å². The second kappa shape index (κ2) is 6.48. The maximum atomic E-state index is 13.1. The van der Waals surface area contributed by atoms with Gasteiger partial charge in [-0.25, -0.2) is 0 Å². The molecule has 1 N–H and O–H groups in total. The van der Waals surface area contributed by atoms with Crippen LogP contribution in [0.2, 0.25) is 0 Å². The molecule has 0 aliphatic carbocycles. The average molecular weight is 291 g/mol. The van der Waals surface area contributed by atoms with Crippen LogP contribution < -0.4 is 14.8 Å². The Morgan fingerprint density at radius 3 is 2.33 bits per heavy atom. The van der Waals surface area contributed by atoms with E-state index in [1.54, 1.807) is 14.2 Å². The summed E-state index contributed by atoms with van der Waals surface area (Å²) in [4.78, 5) is 13.1. The number of hydrogen-bond acceptors (Lipinski definition) is 4. The van der Waals surface area contributed by atoms with Crippen molar-refractivity contribution in [2.45, 2.75) is 26.7 Å². The van der Waals surface area contributed by atoms with Gasteiger partial charge in [0, 0.05) is 5.41 Å². The summed E-state index contributed by atoms with van der Waals surface area (Å²) in [5.74, 6) is 1.58. The van der Waals surface area contributed by atoms with Crippen molar-refractivity contribution in [2.24, 2.45) is 11.3 Å². The molecule has 1 heterocycles. The molecule has 1 atom stereocenters. The first kappa shape index (κ1) is 15.8. The van der Waals surface area contributed by atoms with Gasteiger partial charge in [-0.3, -0.25) is 4.79 Å². The van der Waals surface area contributed by atoms with E-state index in [9.17, 15) is 4.79 Å². The molecule has 1 unspecified atom stereocenters. The number of hydrogen-bond donors (Lipinski definition) is 1. The molecule has 1 aromatic carbocycles. The van der Waals surface area contributed by atoms with Crippen molar-refractivity contribution in [3.8, 4) is 11.5 Å². The van der Waals surface area contributed by atoms with Gasteiger partial charge in [0.05, 0.1) is 14.2 Å². The number of piperidine rings is 1. The zero-order valence-corrected chi connectivity index (χ0v) is 13.4. The number of Topliss-reactive ketones (excluding diaryl/α,β-unsaturated/α-hetero) is 1. The zero-order valence-electron chi connectivity index (χ0n) is 13.4. The van der Waals surface area contributed by atoms with Crippen LogP contribution in [0.5, 0.6) is 11.5 Å². The first-order chi connectivity index (χ1) is 10.0. The molecule has 4 heteroatoms. The SMILES string of the molecule is COc1cccc(OC)c1C(=O)C(C)(C)C1CCCNC1. The van der Waals surface area contributed by atoms with Crippen LogP contribution in [0.15, 0.2) is 18.2 Å². The smallest absolute Gasteiger partial charge is 0.176 e. The van der Waals surface area contributed by atoms with Crippen molar-refractivity contribution in [1.82, 2.24) is 5.32 Å². The highest BCUT2D eigenvalue weighted by Gasteiger charge is 2.40. The monoisotopic (exact) mass is 291 g/mol. The van der Waals surface area contributed by atoms with Crippen LogP contribution in [0.1, 0.15) is 37.0 Å². The zero-order chi connectivity index (χ0) is 15.5. The van der Waals surface area contributed by atoms with Gasteiger partial charge in [0.25, 0.3) is 0 Å². The lowest BCUT2D eigenvalue weighted by atomic mass is 9.70. The molecule has 0 radical (unpaired) electrons. The summed E-state index contributed by atoms with van der Waals surface area (Å²) in [6.45, 7) is 5.98. The maximum absolute atomic E-state index is 13.1. The minimum absolute atomic E-state index is 0.0884. The van der Waals surface area contributed by atoms with Gasteiger partial charge in [0.2, 0.25) is 0 Å². The lowest BCUT2D eigenvalue weighted by molar-refractivity contribution is 0.0701. The third kappa shape index (κ3) is 3.05. The van der Waals surface area contributed by atoms with Gasteiger partial charge in [-0.2, -0.15) is 0 Å². The van der Waals surface area contributed by atoms with Crippen LogP contribution in [-0.2, 0) is 0 Å². The molecule has 1 aliphatic heterocycles. The Labute approximate surface area is 126 Å². The van der Waals surface area contributed by atoms with Crippen molar-refractivity contribution in [1.29, 1.82) is 0 Å². The molecule has 0 amide bonds. The number of ketones is 1. The van der Waals surface area contributed by atoms with Crippen molar-refractivity contribution in [3.63, 3.8) is 0 Å². The van der Waals surface area contributed by atoms with E-state index in [0.717, 1.165) is 25.9 Å². The second-order valence-corrected chi connectivity index (χ2v) is 6.13. The number of ether oxygens (including phenoxy) is 2. The number of carbonyl (C=O) groups is 1. The Bertz CT molecular complexity index is 483. The van der Waals surface area contributed by atoms with Crippen LogP contribution in [0.4, 0.5) is 0 Å². The van der Waals surface area contributed by atoms with Crippen LogP contribution >= 0.6 is 0 Å². The van der Waals surface area contributed by atoms with Gasteiger partial charge in [0.15, 0.2) is 5.78 Å². The van der Waals surface area contributed by atoms with E-state index >= 15 is 0 Å². The van der Waals surface area contributed by atoms with Crippen molar-refractivity contribution in [3.05, 3.63) is 23.8 Å². The second-order valence-electron chi connectivity index (χ2n) is 6.13. The molecule has 0 bridgehead atoms. The van der Waals surface area contributed by atoms with E-state index in [4.69, 9.17) is 9.47 Å². The Morgan fingerprint density at radius 2 is 1.86 bits per heavy atom. The Hall–Kier alpha value is -1.55. The van der Waals surface area contributed by atoms with Crippen molar-refractivity contribution < 1.29 is 14.3 Å². The van der Waals surface area contributed by atoms with Gasteiger partial charge in [-0.1, -0.05) is 19.9 Å². The molecule has 116 valence electrons. The minimum atomic E-state index is -0.449. The highest BCUT2D eigenvalue weighted by atomic mass is 16.5. The fourth-order valence-electron chi connectivity index (χ4n) is 3.05. The standard InChI is InChI=1S/C17H25NO3/c1-17(2,12-7-6-10-18-11-12)16(19)15-13(20-3)8-5-9-14(15)21-4/h5,8-9,12,18H,6-7,10-11H2,1-4H3. The molecule has 0 aromatic heterocycles. The molecular formula is C17H25NO3. The molecule has 21 heavy (non-hydrogen) atoms. The van der Waals surface area contributed by atoms with Crippen LogP contribution in [0, 0.1) is 11.3 Å². The summed E-state index contributed by atoms with van der Waals surface area (Å²) in [5, 5.41) is 3.39.